The molecule has 9 nitrogen and oxygen atoms in total. The van der Waals surface area contributed by atoms with Crippen LogP contribution in [0.5, 0.6) is 0 Å². The van der Waals surface area contributed by atoms with Crippen molar-refractivity contribution < 1.29 is 42.9 Å². The molecule has 0 aromatic heterocycles. The van der Waals surface area contributed by atoms with Crippen LogP contribution in [0.4, 0.5) is 0 Å². The molecule has 0 bridgehead atoms. The van der Waals surface area contributed by atoms with E-state index in [9.17, 15) is 19.5 Å². The number of quaternary nitrogens is 1. The highest BCUT2D eigenvalue weighted by atomic mass is 16.7. The molecule has 0 aromatic rings. The zero-order valence-electron chi connectivity index (χ0n) is 54.8. The van der Waals surface area contributed by atoms with Crippen molar-refractivity contribution in [2.45, 2.75) is 322 Å². The quantitative estimate of drug-likeness (QED) is 0.0211. The molecule has 480 valence electrons. The lowest BCUT2D eigenvalue weighted by atomic mass is 10.0. The minimum absolute atomic E-state index is 0.184. The van der Waals surface area contributed by atoms with Crippen molar-refractivity contribution >= 4 is 17.9 Å². The molecule has 0 saturated carbocycles. The smallest absolute Gasteiger partial charge is 0.361 e. The van der Waals surface area contributed by atoms with Gasteiger partial charge in [0, 0.05) is 12.8 Å². The van der Waals surface area contributed by atoms with Crippen LogP contribution in [0.15, 0.2) is 85.1 Å². The van der Waals surface area contributed by atoms with Crippen molar-refractivity contribution in [1.82, 2.24) is 0 Å². The van der Waals surface area contributed by atoms with E-state index in [0.717, 1.165) is 83.5 Å². The van der Waals surface area contributed by atoms with Gasteiger partial charge in [-0.3, -0.25) is 9.59 Å². The highest BCUT2D eigenvalue weighted by Crippen LogP contribution is 2.17. The summed E-state index contributed by atoms with van der Waals surface area (Å²) in [4.78, 5) is 37.6. The van der Waals surface area contributed by atoms with E-state index in [1.165, 1.54) is 193 Å². The van der Waals surface area contributed by atoms with Gasteiger partial charge in [0.05, 0.1) is 34.4 Å². The molecular formula is C74H132NO8+. The lowest BCUT2D eigenvalue weighted by Gasteiger charge is -2.25. The van der Waals surface area contributed by atoms with Gasteiger partial charge in [-0.1, -0.05) is 292 Å². The van der Waals surface area contributed by atoms with Crippen LogP contribution in [-0.2, 0) is 33.3 Å². The number of rotatable bonds is 64. The minimum Gasteiger partial charge on any atom is -0.477 e. The number of carbonyl (C=O) groups excluding carboxylic acids is 2. The molecule has 0 aliphatic heterocycles. The van der Waals surface area contributed by atoms with Crippen LogP contribution >= 0.6 is 0 Å². The third-order valence-corrected chi connectivity index (χ3v) is 15.1. The second-order valence-electron chi connectivity index (χ2n) is 24.5. The fourth-order valence-electron chi connectivity index (χ4n) is 9.84. The summed E-state index contributed by atoms with van der Waals surface area (Å²) < 4.78 is 23.0. The van der Waals surface area contributed by atoms with Gasteiger partial charge in [-0.2, -0.15) is 0 Å². The number of ether oxygens (including phenoxy) is 4. The predicted octanol–water partition coefficient (Wildman–Crippen LogP) is 21.5. The predicted molar refractivity (Wildman–Crippen MR) is 355 cm³/mol. The van der Waals surface area contributed by atoms with Gasteiger partial charge in [-0.25, -0.2) is 4.79 Å². The van der Waals surface area contributed by atoms with Crippen LogP contribution in [0.1, 0.15) is 309 Å². The van der Waals surface area contributed by atoms with Gasteiger partial charge in [0.1, 0.15) is 13.2 Å². The third-order valence-electron chi connectivity index (χ3n) is 15.1. The van der Waals surface area contributed by atoms with Gasteiger partial charge in [0.2, 0.25) is 0 Å². The molecule has 83 heavy (non-hydrogen) atoms. The number of carbonyl (C=O) groups is 3. The first-order chi connectivity index (χ1) is 40.6. The topological polar surface area (TPSA) is 108 Å². The van der Waals surface area contributed by atoms with Gasteiger partial charge < -0.3 is 28.5 Å². The zero-order valence-corrected chi connectivity index (χ0v) is 54.8. The first-order valence-electron chi connectivity index (χ1n) is 34.8. The number of nitrogens with zero attached hydrogens (tertiary/aromatic N) is 1. The summed E-state index contributed by atoms with van der Waals surface area (Å²) in [6.07, 6.45) is 84.0. The molecular weight excluding hydrogens is 1030 g/mol. The highest BCUT2D eigenvalue weighted by Gasteiger charge is 2.25. The van der Waals surface area contributed by atoms with E-state index in [4.69, 9.17) is 18.9 Å². The largest absolute Gasteiger partial charge is 0.477 e. The molecule has 0 aromatic carbocycles. The van der Waals surface area contributed by atoms with Crippen molar-refractivity contribution in [3.8, 4) is 0 Å². The fraction of sp³-hybridized carbons (Fsp3) is 0.770. The van der Waals surface area contributed by atoms with Crippen molar-refractivity contribution in [3.05, 3.63) is 85.1 Å². The van der Waals surface area contributed by atoms with Gasteiger partial charge >= 0.3 is 17.9 Å². The molecule has 0 saturated heterocycles. The van der Waals surface area contributed by atoms with E-state index in [1.54, 1.807) is 0 Å². The molecule has 0 heterocycles. The molecule has 0 amide bonds. The highest BCUT2D eigenvalue weighted by molar-refractivity contribution is 5.71. The Balaban J connectivity index is 4.13. The molecule has 0 fully saturated rings. The Morgan fingerprint density at radius 1 is 0.373 bits per heavy atom. The average Bonchev–Trinajstić information content (AvgIpc) is 3.46. The molecule has 0 spiro atoms. The summed E-state index contributed by atoms with van der Waals surface area (Å²) in [7, 11) is 5.98. The Kier molecular flexibility index (Phi) is 61.7. The number of allylic oxidation sites excluding steroid dienone is 14. The summed E-state index contributed by atoms with van der Waals surface area (Å²) in [5, 5.41) is 9.75. The van der Waals surface area contributed by atoms with Gasteiger partial charge in [-0.15, -0.1) is 0 Å². The van der Waals surface area contributed by atoms with Gasteiger partial charge in [0.25, 0.3) is 6.29 Å². The maximum absolute atomic E-state index is 12.9. The van der Waals surface area contributed by atoms with E-state index < -0.39 is 24.3 Å². The lowest BCUT2D eigenvalue weighted by Crippen LogP contribution is -2.40. The monoisotopic (exact) mass is 1160 g/mol. The fourth-order valence-corrected chi connectivity index (χ4v) is 9.84. The molecule has 2 unspecified atom stereocenters. The van der Waals surface area contributed by atoms with E-state index in [-0.39, 0.29) is 32.2 Å². The molecule has 2 atom stereocenters. The van der Waals surface area contributed by atoms with Crippen LogP contribution in [0.3, 0.4) is 0 Å². The van der Waals surface area contributed by atoms with E-state index >= 15 is 0 Å². The van der Waals surface area contributed by atoms with E-state index in [0.29, 0.717) is 23.9 Å². The third kappa shape index (κ3) is 65.9. The second-order valence-corrected chi connectivity index (χ2v) is 24.5. The van der Waals surface area contributed by atoms with Gasteiger partial charge in [-0.05, 0) is 89.9 Å². The van der Waals surface area contributed by atoms with Crippen molar-refractivity contribution in [2.75, 3.05) is 47.5 Å². The van der Waals surface area contributed by atoms with Crippen molar-refractivity contribution in [2.24, 2.45) is 0 Å². The normalized spacial score (nSPS) is 13.2. The first kappa shape index (κ1) is 79.5. The maximum Gasteiger partial charge on any atom is 0.361 e. The van der Waals surface area contributed by atoms with E-state index in [1.807, 2.05) is 21.1 Å². The average molecular weight is 1160 g/mol. The summed E-state index contributed by atoms with van der Waals surface area (Å²) >= 11 is 0. The Morgan fingerprint density at radius 3 is 1.04 bits per heavy atom. The number of carboxylic acids is 1. The maximum atomic E-state index is 12.9. The molecule has 0 radical (unpaired) electrons. The standard InChI is InChI=1S/C74H131NO8/c1-6-8-10-12-14-16-18-20-22-24-26-28-30-32-34-36-38-40-42-44-46-48-50-52-54-56-58-60-62-64-71(76)81-68-70(69-82-74(73(78)79)80-67-66-75(3,4)5)83-72(77)65-63-61-59-57-55-53-51-49-47-45-43-41-39-37-35-33-31-29-27-25-23-21-19-17-15-13-11-9-7-2/h9,11,15,17,21,23-24,26-27,29,33,35,39,41,70,74H,6-8,10,12-14,16,18-20,22,25,28,30-32,34,36-38,40,42-69H2,1-5H3/p+1/b11-9-,17-15-,23-21-,26-24-,29-27-,35-33-,41-39-. The van der Waals surface area contributed by atoms with Gasteiger partial charge in [0.15, 0.2) is 6.10 Å². The summed E-state index contributed by atoms with van der Waals surface area (Å²) in [5.74, 6) is -2.00. The first-order valence-corrected chi connectivity index (χ1v) is 34.8. The Morgan fingerprint density at radius 2 is 0.687 bits per heavy atom. The van der Waals surface area contributed by atoms with E-state index in [2.05, 4.69) is 98.9 Å². The van der Waals surface area contributed by atoms with Crippen LogP contribution in [-0.4, -0.2) is 87.4 Å². The van der Waals surface area contributed by atoms with Crippen LogP contribution in [0, 0.1) is 0 Å². The molecule has 1 N–H and O–H groups in total. The number of hydrogen-bond donors (Lipinski definition) is 1. The molecule has 0 aliphatic carbocycles. The summed E-state index contributed by atoms with van der Waals surface area (Å²) in [6, 6.07) is 0. The number of likely N-dealkylation sites (N-methyl/N-ethyl adjacent to an activating group) is 1. The second kappa shape index (κ2) is 64.5. The number of hydrogen-bond acceptors (Lipinski definition) is 7. The number of carboxylic acid groups (broad SMARTS) is 1. The summed E-state index contributed by atoms with van der Waals surface area (Å²) in [5.41, 5.74) is 0. The Bertz CT molecular complexity index is 1640. The zero-order chi connectivity index (χ0) is 60.5. The van der Waals surface area contributed by atoms with Crippen molar-refractivity contribution in [3.63, 3.8) is 0 Å². The Labute approximate surface area is 512 Å². The Hall–Kier alpha value is -3.53. The number of aliphatic carboxylic acids is 1. The number of unbranched alkanes of at least 4 members (excludes halogenated alkanes) is 35. The lowest BCUT2D eigenvalue weighted by molar-refractivity contribution is -0.870. The molecule has 0 rings (SSSR count). The van der Waals surface area contributed by atoms with Crippen molar-refractivity contribution in [1.29, 1.82) is 0 Å². The summed E-state index contributed by atoms with van der Waals surface area (Å²) in [6.45, 7) is 4.79. The molecule has 9 heteroatoms. The van der Waals surface area contributed by atoms with Crippen LogP contribution in [0.2, 0.25) is 0 Å². The van der Waals surface area contributed by atoms with Crippen LogP contribution in [0.25, 0.3) is 0 Å². The number of esters is 2. The van der Waals surface area contributed by atoms with Crippen LogP contribution < -0.4 is 0 Å². The SMILES string of the molecule is CC/C=C\C/C=C\C/C=C\C/C=C\C/C=C\C/C=C\CCCCCCCCCCCCC(=O)OC(COC(=O)CCCCCCCCCCCCCCCCCCC/C=C\CCCCCCCCCC)COC(OCC[N+](C)(C)C)C(=O)O. The molecule has 0 aliphatic rings. The minimum atomic E-state index is -1.52.